The van der Waals surface area contributed by atoms with E-state index in [1.54, 1.807) is 7.11 Å². The van der Waals surface area contributed by atoms with E-state index in [1.165, 1.54) is 0 Å². The molecule has 0 saturated heterocycles. The summed E-state index contributed by atoms with van der Waals surface area (Å²) in [5, 5.41) is 10.3. The number of ether oxygens (including phenoxy) is 1. The van der Waals surface area contributed by atoms with E-state index in [4.69, 9.17) is 4.74 Å². The Morgan fingerprint density at radius 3 is 2.62 bits per heavy atom. The summed E-state index contributed by atoms with van der Waals surface area (Å²) in [6.45, 7) is 4.37. The summed E-state index contributed by atoms with van der Waals surface area (Å²) in [5.41, 5.74) is 1.14. The first-order chi connectivity index (χ1) is 7.45. The van der Waals surface area contributed by atoms with Crippen LogP contribution in [0.4, 0.5) is 0 Å². The molecule has 0 aromatic heterocycles. The molecule has 1 saturated carbocycles. The molecule has 0 heterocycles. The van der Waals surface area contributed by atoms with Crippen molar-refractivity contribution >= 4 is 15.9 Å². The molecule has 2 nitrogen and oxygen atoms in total. The Labute approximate surface area is 105 Å². The maximum atomic E-state index is 10.3. The Morgan fingerprint density at radius 2 is 2.12 bits per heavy atom. The number of halogens is 1. The second-order valence-corrected chi connectivity index (χ2v) is 6.05. The van der Waals surface area contributed by atoms with Gasteiger partial charge in [0.05, 0.1) is 13.2 Å². The molecule has 16 heavy (non-hydrogen) atoms. The Kier molecular flexibility index (Phi) is 3.01. The molecule has 0 amide bonds. The quantitative estimate of drug-likeness (QED) is 0.920. The minimum Gasteiger partial charge on any atom is -0.496 e. The molecule has 88 valence electrons. The van der Waals surface area contributed by atoms with Gasteiger partial charge in [0.1, 0.15) is 5.75 Å². The van der Waals surface area contributed by atoms with Gasteiger partial charge >= 0.3 is 0 Å². The van der Waals surface area contributed by atoms with Gasteiger partial charge in [-0.2, -0.15) is 0 Å². The van der Waals surface area contributed by atoms with Crippen molar-refractivity contribution < 1.29 is 9.84 Å². The first kappa shape index (κ1) is 11.9. The van der Waals surface area contributed by atoms with Gasteiger partial charge in [0.25, 0.3) is 0 Å². The summed E-state index contributed by atoms with van der Waals surface area (Å²) in [4.78, 5) is 0. The first-order valence-electron chi connectivity index (χ1n) is 5.47. The zero-order valence-electron chi connectivity index (χ0n) is 9.83. The fourth-order valence-electron chi connectivity index (χ4n) is 2.20. The predicted octanol–water partition coefficient (Wildman–Crippen LogP) is 3.54. The number of aliphatic hydroxyl groups excluding tert-OH is 1. The Bertz CT molecular complexity index is 401. The van der Waals surface area contributed by atoms with E-state index < -0.39 is 6.10 Å². The van der Waals surface area contributed by atoms with Gasteiger partial charge in [-0.3, -0.25) is 0 Å². The fourth-order valence-corrected chi connectivity index (χ4v) is 2.58. The lowest BCUT2D eigenvalue weighted by Crippen LogP contribution is -2.06. The summed E-state index contributed by atoms with van der Waals surface area (Å²) in [7, 11) is 1.64. The van der Waals surface area contributed by atoms with Crippen molar-refractivity contribution in [3.8, 4) is 5.75 Å². The van der Waals surface area contributed by atoms with E-state index >= 15 is 0 Å². The second-order valence-electron chi connectivity index (χ2n) is 5.13. The summed E-state index contributed by atoms with van der Waals surface area (Å²) >= 11 is 3.43. The van der Waals surface area contributed by atoms with Crippen LogP contribution in [0.2, 0.25) is 0 Å². The van der Waals surface area contributed by atoms with Gasteiger partial charge in [0.2, 0.25) is 0 Å². The first-order valence-corrected chi connectivity index (χ1v) is 6.26. The highest BCUT2D eigenvalue weighted by molar-refractivity contribution is 9.10. The van der Waals surface area contributed by atoms with Gasteiger partial charge in [-0.15, -0.1) is 0 Å². The lowest BCUT2D eigenvalue weighted by molar-refractivity contribution is 0.135. The SMILES string of the molecule is COc1ccc(Br)cc1C(O)C1CC1(C)C. The smallest absolute Gasteiger partial charge is 0.124 e. The highest BCUT2D eigenvalue weighted by atomic mass is 79.9. The molecule has 1 aromatic carbocycles. The van der Waals surface area contributed by atoms with Crippen LogP contribution < -0.4 is 4.74 Å². The molecular weight excluding hydrogens is 268 g/mol. The highest BCUT2D eigenvalue weighted by Crippen LogP contribution is 2.58. The van der Waals surface area contributed by atoms with Gasteiger partial charge in [-0.25, -0.2) is 0 Å². The van der Waals surface area contributed by atoms with E-state index in [1.807, 2.05) is 18.2 Å². The molecule has 1 aromatic rings. The summed E-state index contributed by atoms with van der Waals surface area (Å²) in [6.07, 6.45) is 0.645. The molecule has 3 heteroatoms. The molecule has 1 aliphatic carbocycles. The Morgan fingerprint density at radius 1 is 1.50 bits per heavy atom. The van der Waals surface area contributed by atoms with Crippen LogP contribution in [0.15, 0.2) is 22.7 Å². The van der Waals surface area contributed by atoms with Crippen LogP contribution in [0.25, 0.3) is 0 Å². The number of rotatable bonds is 3. The number of benzene rings is 1. The van der Waals surface area contributed by atoms with E-state index in [0.29, 0.717) is 5.92 Å². The van der Waals surface area contributed by atoms with Crippen LogP contribution in [0.1, 0.15) is 31.9 Å². The van der Waals surface area contributed by atoms with Crippen molar-refractivity contribution in [2.75, 3.05) is 7.11 Å². The maximum absolute atomic E-state index is 10.3. The third-order valence-corrected chi connectivity index (χ3v) is 3.97. The molecule has 0 spiro atoms. The van der Waals surface area contributed by atoms with Crippen molar-refractivity contribution in [1.29, 1.82) is 0 Å². The van der Waals surface area contributed by atoms with Crippen molar-refractivity contribution in [3.63, 3.8) is 0 Å². The predicted molar refractivity (Wildman–Crippen MR) is 67.5 cm³/mol. The minimum atomic E-state index is -0.428. The molecular formula is C13H17BrO2. The average molecular weight is 285 g/mol. The van der Waals surface area contributed by atoms with Crippen LogP contribution in [-0.2, 0) is 0 Å². The standard InChI is InChI=1S/C13H17BrO2/c1-13(2)7-10(13)12(15)9-6-8(14)4-5-11(9)16-3/h4-6,10,12,15H,7H2,1-3H3. The lowest BCUT2D eigenvalue weighted by atomic mass is 9.99. The number of methoxy groups -OCH3 is 1. The van der Waals surface area contributed by atoms with Gasteiger partial charge in [-0.1, -0.05) is 29.8 Å². The summed E-state index contributed by atoms with van der Waals surface area (Å²) in [6, 6.07) is 5.75. The number of hydrogen-bond donors (Lipinski definition) is 1. The molecule has 1 aliphatic rings. The van der Waals surface area contributed by atoms with E-state index in [9.17, 15) is 5.11 Å². The molecule has 2 atom stereocenters. The molecule has 0 aliphatic heterocycles. The summed E-state index contributed by atoms with van der Waals surface area (Å²) < 4.78 is 6.26. The van der Waals surface area contributed by atoms with Gasteiger partial charge < -0.3 is 9.84 Å². The zero-order valence-corrected chi connectivity index (χ0v) is 11.4. The van der Waals surface area contributed by atoms with Crippen LogP contribution in [0, 0.1) is 11.3 Å². The van der Waals surface area contributed by atoms with Crippen molar-refractivity contribution in [3.05, 3.63) is 28.2 Å². The molecule has 0 radical (unpaired) electrons. The molecule has 1 N–H and O–H groups in total. The average Bonchev–Trinajstić information content (AvgIpc) is 2.86. The normalized spacial score (nSPS) is 23.9. The van der Waals surface area contributed by atoms with Crippen LogP contribution in [0.5, 0.6) is 5.75 Å². The van der Waals surface area contributed by atoms with Crippen LogP contribution in [-0.4, -0.2) is 12.2 Å². The Balaban J connectivity index is 2.29. The van der Waals surface area contributed by atoms with Gasteiger partial charge in [0.15, 0.2) is 0 Å². The molecule has 2 unspecified atom stereocenters. The van der Waals surface area contributed by atoms with E-state index in [-0.39, 0.29) is 5.41 Å². The molecule has 1 fully saturated rings. The maximum Gasteiger partial charge on any atom is 0.124 e. The number of aliphatic hydroxyl groups is 1. The van der Waals surface area contributed by atoms with Gasteiger partial charge in [-0.05, 0) is 36.0 Å². The highest BCUT2D eigenvalue weighted by Gasteiger charge is 2.50. The topological polar surface area (TPSA) is 29.5 Å². The third kappa shape index (κ3) is 2.11. The third-order valence-electron chi connectivity index (χ3n) is 3.48. The summed E-state index contributed by atoms with van der Waals surface area (Å²) in [5.74, 6) is 1.11. The second kappa shape index (κ2) is 4.04. The van der Waals surface area contributed by atoms with E-state index in [2.05, 4.69) is 29.8 Å². The van der Waals surface area contributed by atoms with Crippen molar-refractivity contribution in [1.82, 2.24) is 0 Å². The van der Waals surface area contributed by atoms with Crippen molar-refractivity contribution in [2.24, 2.45) is 11.3 Å². The molecule has 0 bridgehead atoms. The van der Waals surface area contributed by atoms with Crippen molar-refractivity contribution in [2.45, 2.75) is 26.4 Å². The lowest BCUT2D eigenvalue weighted by Gasteiger charge is -2.16. The monoisotopic (exact) mass is 284 g/mol. The van der Waals surface area contributed by atoms with Crippen LogP contribution in [0.3, 0.4) is 0 Å². The Hall–Kier alpha value is -0.540. The largest absolute Gasteiger partial charge is 0.496 e. The van der Waals surface area contributed by atoms with Gasteiger partial charge in [0, 0.05) is 10.0 Å². The van der Waals surface area contributed by atoms with Crippen LogP contribution >= 0.6 is 15.9 Å². The zero-order chi connectivity index (χ0) is 11.9. The number of hydrogen-bond acceptors (Lipinski definition) is 2. The van der Waals surface area contributed by atoms with E-state index in [0.717, 1.165) is 22.2 Å². The minimum absolute atomic E-state index is 0.257. The fraction of sp³-hybridized carbons (Fsp3) is 0.538. The molecule has 2 rings (SSSR count).